The van der Waals surface area contributed by atoms with Gasteiger partial charge in [0.1, 0.15) is 5.54 Å². The third-order valence-corrected chi connectivity index (χ3v) is 3.89. The molecule has 1 amide bonds. The second-order valence-corrected chi connectivity index (χ2v) is 5.60. The molecule has 2 rings (SSSR count). The third-order valence-electron chi connectivity index (χ3n) is 3.89. The quantitative estimate of drug-likeness (QED) is 0.793. The van der Waals surface area contributed by atoms with Crippen LogP contribution in [0.25, 0.3) is 0 Å². The molecular weight excluding hydrogens is 288 g/mol. The minimum atomic E-state index is -1.01. The monoisotopic (exact) mass is 312 g/mol. The van der Waals surface area contributed by atoms with Gasteiger partial charge in [0.25, 0.3) is 0 Å². The largest absolute Gasteiger partial charge is 0.376 e. The van der Waals surface area contributed by atoms with Crippen molar-refractivity contribution < 1.29 is 9.53 Å². The molecule has 118 valence electrons. The molecule has 1 aliphatic rings. The van der Waals surface area contributed by atoms with Gasteiger partial charge in [-0.15, -0.1) is 12.4 Å². The van der Waals surface area contributed by atoms with Crippen molar-refractivity contribution in [3.63, 3.8) is 0 Å². The summed E-state index contributed by atoms with van der Waals surface area (Å²) in [4.78, 5) is 12.2. The van der Waals surface area contributed by atoms with Crippen LogP contribution >= 0.6 is 12.4 Å². The molecule has 1 atom stereocenters. The zero-order valence-electron chi connectivity index (χ0n) is 12.5. The summed E-state index contributed by atoms with van der Waals surface area (Å²) in [5.41, 5.74) is 5.94. The van der Waals surface area contributed by atoms with Gasteiger partial charge in [0.2, 0.25) is 5.91 Å². The van der Waals surface area contributed by atoms with E-state index < -0.39 is 5.54 Å². The zero-order chi connectivity index (χ0) is 14.4. The number of benzene rings is 1. The maximum atomic E-state index is 12.2. The van der Waals surface area contributed by atoms with Crippen molar-refractivity contribution in [2.75, 3.05) is 13.2 Å². The first kappa shape index (κ1) is 18.0. The Kier molecular flexibility index (Phi) is 7.15. The fourth-order valence-electron chi connectivity index (χ4n) is 2.54. The normalized spacial score (nSPS) is 17.8. The SMILES string of the molecule is CC(N)(C(=O)NCCOC1CCCC1)c1ccccc1.Cl. The van der Waals surface area contributed by atoms with E-state index in [2.05, 4.69) is 5.32 Å². The van der Waals surface area contributed by atoms with E-state index in [1.54, 1.807) is 6.92 Å². The third kappa shape index (κ3) is 4.99. The number of halogens is 1. The van der Waals surface area contributed by atoms with Crippen molar-refractivity contribution in [1.29, 1.82) is 0 Å². The van der Waals surface area contributed by atoms with Crippen LogP contribution in [-0.2, 0) is 15.1 Å². The Labute approximate surface area is 132 Å². The van der Waals surface area contributed by atoms with Crippen LogP contribution in [0.2, 0.25) is 0 Å². The Balaban J connectivity index is 0.00000220. The molecule has 1 fully saturated rings. The molecule has 0 bridgehead atoms. The lowest BCUT2D eigenvalue weighted by Crippen LogP contribution is -2.49. The summed E-state index contributed by atoms with van der Waals surface area (Å²) in [5, 5.41) is 2.86. The second-order valence-electron chi connectivity index (χ2n) is 5.60. The molecule has 0 radical (unpaired) electrons. The van der Waals surface area contributed by atoms with Gasteiger partial charge in [-0.3, -0.25) is 4.79 Å². The highest BCUT2D eigenvalue weighted by Gasteiger charge is 2.29. The molecule has 1 aromatic rings. The molecule has 1 aliphatic carbocycles. The highest BCUT2D eigenvalue weighted by molar-refractivity contribution is 5.86. The Morgan fingerprint density at radius 1 is 1.33 bits per heavy atom. The number of amides is 1. The first-order valence-electron chi connectivity index (χ1n) is 7.35. The molecule has 0 heterocycles. The van der Waals surface area contributed by atoms with E-state index in [0.29, 0.717) is 19.3 Å². The lowest BCUT2D eigenvalue weighted by molar-refractivity contribution is -0.126. The first-order valence-corrected chi connectivity index (χ1v) is 7.35. The summed E-state index contributed by atoms with van der Waals surface area (Å²) in [6.45, 7) is 2.80. The van der Waals surface area contributed by atoms with Crippen molar-refractivity contribution in [2.45, 2.75) is 44.2 Å². The van der Waals surface area contributed by atoms with Crippen molar-refractivity contribution in [3.05, 3.63) is 35.9 Å². The van der Waals surface area contributed by atoms with Crippen molar-refractivity contribution in [3.8, 4) is 0 Å². The number of hydrogen-bond acceptors (Lipinski definition) is 3. The molecule has 1 saturated carbocycles. The molecule has 5 heteroatoms. The van der Waals surface area contributed by atoms with Gasteiger partial charge in [-0.1, -0.05) is 43.2 Å². The Morgan fingerprint density at radius 3 is 2.57 bits per heavy atom. The van der Waals surface area contributed by atoms with Crippen molar-refractivity contribution >= 4 is 18.3 Å². The molecule has 0 aromatic heterocycles. The van der Waals surface area contributed by atoms with Crippen LogP contribution in [0, 0.1) is 0 Å². The average molecular weight is 313 g/mol. The Morgan fingerprint density at radius 2 is 1.95 bits per heavy atom. The van der Waals surface area contributed by atoms with E-state index in [-0.39, 0.29) is 18.3 Å². The smallest absolute Gasteiger partial charge is 0.244 e. The number of ether oxygens (including phenoxy) is 1. The Bertz CT molecular complexity index is 431. The molecular formula is C16H25ClN2O2. The van der Waals surface area contributed by atoms with E-state index >= 15 is 0 Å². The molecule has 0 spiro atoms. The summed E-state index contributed by atoms with van der Waals surface area (Å²) in [7, 11) is 0. The maximum Gasteiger partial charge on any atom is 0.244 e. The molecule has 1 unspecified atom stereocenters. The fraction of sp³-hybridized carbons (Fsp3) is 0.562. The fourth-order valence-corrected chi connectivity index (χ4v) is 2.54. The van der Waals surface area contributed by atoms with Crippen LogP contribution in [0.3, 0.4) is 0 Å². The highest BCUT2D eigenvalue weighted by Crippen LogP contribution is 2.20. The van der Waals surface area contributed by atoms with E-state index in [1.807, 2.05) is 30.3 Å². The van der Waals surface area contributed by atoms with Gasteiger partial charge in [0.15, 0.2) is 0 Å². The number of carbonyl (C=O) groups excluding carboxylic acids is 1. The molecule has 0 saturated heterocycles. The maximum absolute atomic E-state index is 12.2. The molecule has 21 heavy (non-hydrogen) atoms. The van der Waals surface area contributed by atoms with E-state index in [1.165, 1.54) is 12.8 Å². The molecule has 1 aromatic carbocycles. The van der Waals surface area contributed by atoms with Crippen LogP contribution in [0.1, 0.15) is 38.2 Å². The summed E-state index contributed by atoms with van der Waals surface area (Å²) in [6.07, 6.45) is 5.18. The standard InChI is InChI=1S/C16H24N2O2.ClH/c1-16(17,13-7-3-2-4-8-13)15(19)18-11-12-20-14-9-5-6-10-14;/h2-4,7-8,14H,5-6,9-12,17H2,1H3,(H,18,19);1H. The summed E-state index contributed by atoms with van der Waals surface area (Å²) < 4.78 is 5.72. The molecule has 3 N–H and O–H groups in total. The number of rotatable bonds is 6. The van der Waals surface area contributed by atoms with Crippen LogP contribution in [0.15, 0.2) is 30.3 Å². The van der Waals surface area contributed by atoms with Crippen LogP contribution in [-0.4, -0.2) is 25.2 Å². The van der Waals surface area contributed by atoms with Gasteiger partial charge in [0, 0.05) is 6.54 Å². The van der Waals surface area contributed by atoms with Gasteiger partial charge in [-0.05, 0) is 25.3 Å². The summed E-state index contributed by atoms with van der Waals surface area (Å²) in [6, 6.07) is 9.42. The van der Waals surface area contributed by atoms with Gasteiger partial charge >= 0.3 is 0 Å². The zero-order valence-corrected chi connectivity index (χ0v) is 13.3. The van der Waals surface area contributed by atoms with Gasteiger partial charge in [-0.2, -0.15) is 0 Å². The van der Waals surface area contributed by atoms with E-state index in [0.717, 1.165) is 18.4 Å². The first-order chi connectivity index (χ1) is 9.60. The topological polar surface area (TPSA) is 64.4 Å². The van der Waals surface area contributed by atoms with Crippen molar-refractivity contribution in [1.82, 2.24) is 5.32 Å². The van der Waals surface area contributed by atoms with Crippen molar-refractivity contribution in [2.24, 2.45) is 5.73 Å². The molecule has 4 nitrogen and oxygen atoms in total. The van der Waals surface area contributed by atoms with E-state index in [9.17, 15) is 4.79 Å². The lowest BCUT2D eigenvalue weighted by atomic mass is 9.92. The Hall–Kier alpha value is -1.10. The number of hydrogen-bond donors (Lipinski definition) is 2. The van der Waals surface area contributed by atoms with Crippen LogP contribution < -0.4 is 11.1 Å². The lowest BCUT2D eigenvalue weighted by Gasteiger charge is -2.24. The minimum Gasteiger partial charge on any atom is -0.376 e. The predicted molar refractivity (Wildman–Crippen MR) is 86.4 cm³/mol. The summed E-state index contributed by atoms with van der Waals surface area (Å²) in [5.74, 6) is -0.168. The number of nitrogens with two attached hydrogens (primary N) is 1. The average Bonchev–Trinajstić information content (AvgIpc) is 2.97. The highest BCUT2D eigenvalue weighted by atomic mass is 35.5. The second kappa shape index (κ2) is 8.37. The minimum absolute atomic E-state index is 0. The number of carbonyl (C=O) groups is 1. The van der Waals surface area contributed by atoms with Crippen LogP contribution in [0.4, 0.5) is 0 Å². The van der Waals surface area contributed by atoms with Gasteiger partial charge < -0.3 is 15.8 Å². The van der Waals surface area contributed by atoms with Gasteiger partial charge in [0.05, 0.1) is 12.7 Å². The van der Waals surface area contributed by atoms with E-state index in [4.69, 9.17) is 10.5 Å². The molecule has 0 aliphatic heterocycles. The predicted octanol–water partition coefficient (Wildman–Crippen LogP) is 2.36. The van der Waals surface area contributed by atoms with Crippen LogP contribution in [0.5, 0.6) is 0 Å². The van der Waals surface area contributed by atoms with Gasteiger partial charge in [-0.25, -0.2) is 0 Å². The number of nitrogens with one attached hydrogen (secondary N) is 1. The summed E-state index contributed by atoms with van der Waals surface area (Å²) >= 11 is 0.